The van der Waals surface area contributed by atoms with E-state index in [4.69, 9.17) is 0 Å². The number of hydrogen-bond acceptors (Lipinski definition) is 3. The van der Waals surface area contributed by atoms with Crippen LogP contribution in [0.5, 0.6) is 0 Å². The number of carbonyl (C=O) groups excluding carboxylic acids is 1. The molecule has 0 radical (unpaired) electrons. The molecule has 1 aliphatic heterocycles. The van der Waals surface area contributed by atoms with E-state index in [-0.39, 0.29) is 4.75 Å². The maximum atomic E-state index is 12.2. The van der Waals surface area contributed by atoms with Crippen LogP contribution in [-0.4, -0.2) is 47.5 Å². The van der Waals surface area contributed by atoms with Gasteiger partial charge in [0.1, 0.15) is 0 Å². The van der Waals surface area contributed by atoms with Crippen LogP contribution in [0.1, 0.15) is 40.0 Å². The molecule has 1 N–H and O–H groups in total. The van der Waals surface area contributed by atoms with E-state index in [2.05, 4.69) is 31.0 Å². The fraction of sp³-hybridized carbons (Fsp3) is 0.923. The summed E-state index contributed by atoms with van der Waals surface area (Å²) in [6.45, 7) is 8.34. The quantitative estimate of drug-likeness (QED) is 0.838. The summed E-state index contributed by atoms with van der Waals surface area (Å²) in [6, 6.07) is 0.404. The highest BCUT2D eigenvalue weighted by atomic mass is 32.2. The third-order valence-corrected chi connectivity index (χ3v) is 4.27. The first kappa shape index (κ1) is 14.8. The van der Waals surface area contributed by atoms with Gasteiger partial charge in [-0.1, -0.05) is 20.8 Å². The van der Waals surface area contributed by atoms with Crippen molar-refractivity contribution in [3.05, 3.63) is 0 Å². The van der Waals surface area contributed by atoms with E-state index in [1.54, 1.807) is 11.8 Å². The van der Waals surface area contributed by atoms with Crippen molar-refractivity contribution in [2.45, 2.75) is 50.8 Å². The van der Waals surface area contributed by atoms with Crippen LogP contribution in [0.3, 0.4) is 0 Å². The summed E-state index contributed by atoms with van der Waals surface area (Å²) in [5.41, 5.74) is 0. The monoisotopic (exact) mass is 258 g/mol. The smallest absolute Gasteiger partial charge is 0.232 e. The van der Waals surface area contributed by atoms with E-state index < -0.39 is 0 Å². The van der Waals surface area contributed by atoms with Gasteiger partial charge in [0.15, 0.2) is 0 Å². The van der Waals surface area contributed by atoms with E-state index in [9.17, 15) is 4.79 Å². The number of likely N-dealkylation sites (tertiary alicyclic amines) is 1. The third-order valence-electron chi connectivity index (χ3n) is 3.02. The largest absolute Gasteiger partial charge is 0.338 e. The van der Waals surface area contributed by atoms with Gasteiger partial charge in [0, 0.05) is 23.9 Å². The van der Waals surface area contributed by atoms with Gasteiger partial charge in [-0.15, -0.1) is 11.8 Å². The summed E-state index contributed by atoms with van der Waals surface area (Å²) in [5.74, 6) is 0.925. The van der Waals surface area contributed by atoms with Gasteiger partial charge in [-0.25, -0.2) is 0 Å². The summed E-state index contributed by atoms with van der Waals surface area (Å²) in [6.07, 6.45) is 3.56. The average molecular weight is 258 g/mol. The van der Waals surface area contributed by atoms with E-state index in [0.29, 0.717) is 17.7 Å². The molecule has 0 bridgehead atoms. The summed E-state index contributed by atoms with van der Waals surface area (Å²) in [4.78, 5) is 14.3. The zero-order valence-corrected chi connectivity index (χ0v) is 12.4. The Kier molecular flexibility index (Phi) is 5.80. The van der Waals surface area contributed by atoms with Crippen LogP contribution >= 0.6 is 11.8 Å². The Morgan fingerprint density at radius 3 is 2.71 bits per heavy atom. The third kappa shape index (κ3) is 5.30. The van der Waals surface area contributed by atoms with Gasteiger partial charge in [0.05, 0.1) is 5.75 Å². The van der Waals surface area contributed by atoms with Crippen LogP contribution in [0, 0.1) is 0 Å². The zero-order valence-electron chi connectivity index (χ0n) is 11.6. The van der Waals surface area contributed by atoms with Crippen molar-refractivity contribution in [3.8, 4) is 0 Å². The maximum absolute atomic E-state index is 12.2. The molecule has 100 valence electrons. The lowest BCUT2D eigenvalue weighted by atomic mass is 10.0. The van der Waals surface area contributed by atoms with E-state index in [1.165, 1.54) is 6.42 Å². The first-order chi connectivity index (χ1) is 7.94. The molecule has 0 saturated carbocycles. The predicted octanol–water partition coefficient (Wildman–Crippen LogP) is 2.12. The van der Waals surface area contributed by atoms with Crippen LogP contribution < -0.4 is 5.32 Å². The molecule has 3 nitrogen and oxygen atoms in total. The molecule has 0 spiro atoms. The fourth-order valence-electron chi connectivity index (χ4n) is 2.14. The number of thioether (sulfide) groups is 1. The molecule has 0 aromatic carbocycles. The summed E-state index contributed by atoms with van der Waals surface area (Å²) >= 11 is 1.74. The molecule has 1 heterocycles. The summed E-state index contributed by atoms with van der Waals surface area (Å²) < 4.78 is 0.171. The molecule has 1 atom stereocenters. The molecule has 0 aromatic rings. The second kappa shape index (κ2) is 6.64. The lowest BCUT2D eigenvalue weighted by molar-refractivity contribution is -0.131. The molecule has 17 heavy (non-hydrogen) atoms. The lowest BCUT2D eigenvalue weighted by Crippen LogP contribution is -2.48. The topological polar surface area (TPSA) is 32.3 Å². The van der Waals surface area contributed by atoms with Crippen molar-refractivity contribution >= 4 is 17.7 Å². The first-order valence-corrected chi connectivity index (χ1v) is 7.50. The van der Waals surface area contributed by atoms with Gasteiger partial charge in [-0.3, -0.25) is 4.79 Å². The van der Waals surface area contributed by atoms with Gasteiger partial charge in [0.2, 0.25) is 5.91 Å². The van der Waals surface area contributed by atoms with Crippen LogP contribution in [0.25, 0.3) is 0 Å². The molecular formula is C13H26N2OS. The minimum Gasteiger partial charge on any atom is -0.338 e. The Labute approximate surface area is 110 Å². The van der Waals surface area contributed by atoms with Crippen molar-refractivity contribution < 1.29 is 4.79 Å². The molecule has 0 aromatic heterocycles. The molecular weight excluding hydrogens is 232 g/mol. The number of carbonyl (C=O) groups is 1. The number of nitrogens with one attached hydrogen (secondary N) is 1. The van der Waals surface area contributed by atoms with Gasteiger partial charge < -0.3 is 10.2 Å². The molecule has 1 rings (SSSR count). The van der Waals surface area contributed by atoms with Crippen LogP contribution in [0.15, 0.2) is 0 Å². The van der Waals surface area contributed by atoms with Crippen LogP contribution in [0.2, 0.25) is 0 Å². The highest BCUT2D eigenvalue weighted by Crippen LogP contribution is 2.25. The molecule has 0 aliphatic carbocycles. The SMILES string of the molecule is CNCC1CCCCN1C(=O)CSC(C)(C)C. The average Bonchev–Trinajstić information content (AvgIpc) is 2.26. The van der Waals surface area contributed by atoms with Gasteiger partial charge >= 0.3 is 0 Å². The molecule has 1 unspecified atom stereocenters. The minimum absolute atomic E-state index is 0.171. The van der Waals surface area contributed by atoms with Crippen molar-refractivity contribution in [2.75, 3.05) is 25.9 Å². The summed E-state index contributed by atoms with van der Waals surface area (Å²) in [5, 5.41) is 3.19. The van der Waals surface area contributed by atoms with E-state index in [1.807, 2.05) is 7.05 Å². The number of amides is 1. The number of hydrogen-bond donors (Lipinski definition) is 1. The first-order valence-electron chi connectivity index (χ1n) is 6.52. The fourth-order valence-corrected chi connectivity index (χ4v) is 2.86. The highest BCUT2D eigenvalue weighted by Gasteiger charge is 2.26. The normalized spacial score (nSPS) is 21.6. The zero-order chi connectivity index (χ0) is 12.9. The number of rotatable bonds is 4. The molecule has 1 aliphatic rings. The Hall–Kier alpha value is -0.220. The van der Waals surface area contributed by atoms with E-state index in [0.717, 1.165) is 25.9 Å². The summed E-state index contributed by atoms with van der Waals surface area (Å²) in [7, 11) is 1.96. The predicted molar refractivity (Wildman–Crippen MR) is 75.5 cm³/mol. The highest BCUT2D eigenvalue weighted by molar-refractivity contribution is 8.01. The molecule has 4 heteroatoms. The Morgan fingerprint density at radius 2 is 2.12 bits per heavy atom. The maximum Gasteiger partial charge on any atom is 0.232 e. The van der Waals surface area contributed by atoms with Gasteiger partial charge in [-0.05, 0) is 26.3 Å². The standard InChI is InChI=1S/C13H26N2OS/c1-13(2,3)17-10-12(16)15-8-6-5-7-11(15)9-14-4/h11,14H,5-10H2,1-4H3. The molecule has 1 amide bonds. The van der Waals surface area contributed by atoms with Crippen LogP contribution in [0.4, 0.5) is 0 Å². The second-order valence-corrected chi connectivity index (χ2v) is 7.50. The van der Waals surface area contributed by atoms with Crippen molar-refractivity contribution in [1.29, 1.82) is 0 Å². The van der Waals surface area contributed by atoms with Crippen molar-refractivity contribution in [3.63, 3.8) is 0 Å². The lowest BCUT2D eigenvalue weighted by Gasteiger charge is -2.36. The Bertz CT molecular complexity index is 248. The second-order valence-electron chi connectivity index (χ2n) is 5.70. The number of nitrogens with zero attached hydrogens (tertiary/aromatic N) is 1. The Balaban J connectivity index is 2.47. The van der Waals surface area contributed by atoms with Gasteiger partial charge in [-0.2, -0.15) is 0 Å². The molecule has 1 fully saturated rings. The molecule has 1 saturated heterocycles. The van der Waals surface area contributed by atoms with Crippen molar-refractivity contribution in [1.82, 2.24) is 10.2 Å². The van der Waals surface area contributed by atoms with E-state index >= 15 is 0 Å². The minimum atomic E-state index is 0.171. The van der Waals surface area contributed by atoms with Gasteiger partial charge in [0.25, 0.3) is 0 Å². The number of piperidine rings is 1. The van der Waals surface area contributed by atoms with Crippen LogP contribution in [-0.2, 0) is 4.79 Å². The number of likely N-dealkylation sites (N-methyl/N-ethyl adjacent to an activating group) is 1. The van der Waals surface area contributed by atoms with Crippen molar-refractivity contribution in [2.24, 2.45) is 0 Å². The Morgan fingerprint density at radius 1 is 1.41 bits per heavy atom.